The summed E-state index contributed by atoms with van der Waals surface area (Å²) in [7, 11) is 3.94. The molecule has 0 aliphatic carbocycles. The summed E-state index contributed by atoms with van der Waals surface area (Å²) in [6.45, 7) is 2.65. The van der Waals surface area contributed by atoms with Gasteiger partial charge >= 0.3 is 5.97 Å². The molecule has 0 aliphatic rings. The van der Waals surface area contributed by atoms with E-state index in [9.17, 15) is 9.90 Å². The molecule has 1 atom stereocenters. The van der Waals surface area contributed by atoms with Crippen molar-refractivity contribution in [2.24, 2.45) is 0 Å². The summed E-state index contributed by atoms with van der Waals surface area (Å²) in [6.07, 6.45) is 0.428. The lowest BCUT2D eigenvalue weighted by Crippen LogP contribution is -2.40. The lowest BCUT2D eigenvalue weighted by molar-refractivity contribution is -0.167. The third-order valence-corrected chi connectivity index (χ3v) is 3.97. The Balaban J connectivity index is 2.28. The molecule has 2 rings (SSSR count). The first kappa shape index (κ1) is 18.2. The lowest BCUT2D eigenvalue weighted by Gasteiger charge is -2.29. The van der Waals surface area contributed by atoms with Gasteiger partial charge in [0.05, 0.1) is 0 Å². The fraction of sp³-hybridized carbons (Fsp3) is 0.350. The van der Waals surface area contributed by atoms with Crippen molar-refractivity contribution in [3.05, 3.63) is 71.8 Å². The number of hydrogen-bond acceptors (Lipinski definition) is 4. The Bertz CT molecular complexity index is 601. The van der Waals surface area contributed by atoms with Crippen molar-refractivity contribution < 1.29 is 14.6 Å². The molecule has 1 unspecified atom stereocenters. The Hall–Kier alpha value is -2.17. The van der Waals surface area contributed by atoms with Gasteiger partial charge in [0.1, 0.15) is 6.10 Å². The average Bonchev–Trinajstić information content (AvgIpc) is 2.60. The van der Waals surface area contributed by atoms with Crippen LogP contribution in [0.3, 0.4) is 0 Å². The van der Waals surface area contributed by atoms with Crippen LogP contribution in [0.15, 0.2) is 60.7 Å². The molecule has 4 heteroatoms. The topological polar surface area (TPSA) is 49.8 Å². The molecule has 0 saturated carbocycles. The van der Waals surface area contributed by atoms with Crippen molar-refractivity contribution in [2.75, 3.05) is 20.6 Å². The molecule has 128 valence electrons. The Morgan fingerprint density at radius 2 is 1.50 bits per heavy atom. The van der Waals surface area contributed by atoms with Crippen molar-refractivity contribution in [2.45, 2.75) is 25.0 Å². The summed E-state index contributed by atoms with van der Waals surface area (Å²) in [5.41, 5.74) is -0.809. The van der Waals surface area contributed by atoms with E-state index < -0.39 is 11.6 Å². The number of ether oxygens (including phenoxy) is 1. The molecular formula is C20H25NO3. The third-order valence-electron chi connectivity index (χ3n) is 3.97. The minimum Gasteiger partial charge on any atom is -0.460 e. The molecule has 0 fully saturated rings. The van der Waals surface area contributed by atoms with Gasteiger partial charge in [-0.3, -0.25) is 0 Å². The van der Waals surface area contributed by atoms with Gasteiger partial charge in [-0.05, 0) is 38.6 Å². The van der Waals surface area contributed by atoms with Crippen LogP contribution in [0.2, 0.25) is 0 Å². The standard InChI is InChI=1S/C20H25NO3/c1-16(14-15-21(2)3)24-19(22)20(23,17-10-6-4-7-11-17)18-12-8-5-9-13-18/h4-13,16,23H,14-15H2,1-3H3. The van der Waals surface area contributed by atoms with Crippen LogP contribution in [0.4, 0.5) is 0 Å². The van der Waals surface area contributed by atoms with E-state index in [1.165, 1.54) is 0 Å². The van der Waals surface area contributed by atoms with Crippen LogP contribution in [0.1, 0.15) is 24.5 Å². The van der Waals surface area contributed by atoms with Gasteiger partial charge in [-0.15, -0.1) is 0 Å². The fourth-order valence-corrected chi connectivity index (χ4v) is 2.53. The molecule has 0 aliphatic heterocycles. The van der Waals surface area contributed by atoms with Crippen LogP contribution >= 0.6 is 0 Å². The van der Waals surface area contributed by atoms with Crippen LogP contribution in [-0.2, 0) is 15.1 Å². The lowest BCUT2D eigenvalue weighted by atomic mass is 9.86. The summed E-state index contributed by atoms with van der Waals surface area (Å²) in [5, 5.41) is 11.3. The number of hydrogen-bond donors (Lipinski definition) is 1. The van der Waals surface area contributed by atoms with Gasteiger partial charge < -0.3 is 14.7 Å². The van der Waals surface area contributed by atoms with Crippen molar-refractivity contribution in [3.63, 3.8) is 0 Å². The Labute approximate surface area is 143 Å². The summed E-state index contributed by atoms with van der Waals surface area (Å²) < 4.78 is 5.56. The molecule has 0 aromatic heterocycles. The van der Waals surface area contributed by atoms with E-state index in [1.807, 2.05) is 38.1 Å². The summed E-state index contributed by atoms with van der Waals surface area (Å²) in [5.74, 6) is -0.647. The quantitative estimate of drug-likeness (QED) is 0.795. The number of carbonyl (C=O) groups excluding carboxylic acids is 1. The molecule has 2 aromatic carbocycles. The van der Waals surface area contributed by atoms with E-state index in [1.54, 1.807) is 48.5 Å². The van der Waals surface area contributed by atoms with E-state index in [-0.39, 0.29) is 6.10 Å². The Morgan fingerprint density at radius 1 is 1.04 bits per heavy atom. The fourth-order valence-electron chi connectivity index (χ4n) is 2.53. The summed E-state index contributed by atoms with van der Waals surface area (Å²) in [6, 6.07) is 17.8. The third kappa shape index (κ3) is 4.22. The predicted molar refractivity (Wildman–Crippen MR) is 94.6 cm³/mol. The minimum absolute atomic E-state index is 0.279. The average molecular weight is 327 g/mol. The van der Waals surface area contributed by atoms with Gasteiger partial charge in [0.15, 0.2) is 0 Å². The SMILES string of the molecule is CC(CCN(C)C)OC(=O)C(O)(c1ccccc1)c1ccccc1. The zero-order valence-corrected chi connectivity index (χ0v) is 14.5. The van der Waals surface area contributed by atoms with Gasteiger partial charge in [-0.1, -0.05) is 60.7 Å². The molecule has 2 aromatic rings. The zero-order valence-electron chi connectivity index (χ0n) is 14.5. The highest BCUT2D eigenvalue weighted by Gasteiger charge is 2.42. The van der Waals surface area contributed by atoms with Crippen molar-refractivity contribution in [3.8, 4) is 0 Å². The predicted octanol–water partition coefficient (Wildman–Crippen LogP) is 2.81. The van der Waals surface area contributed by atoms with Crippen LogP contribution in [0.5, 0.6) is 0 Å². The number of aliphatic hydroxyl groups is 1. The number of esters is 1. The van der Waals surface area contributed by atoms with Gasteiger partial charge in [0.25, 0.3) is 0 Å². The first-order chi connectivity index (χ1) is 11.4. The van der Waals surface area contributed by atoms with Crippen LogP contribution < -0.4 is 0 Å². The number of nitrogens with zero attached hydrogens (tertiary/aromatic N) is 1. The van der Waals surface area contributed by atoms with Gasteiger partial charge in [-0.25, -0.2) is 4.79 Å². The molecule has 0 heterocycles. The summed E-state index contributed by atoms with van der Waals surface area (Å²) in [4.78, 5) is 14.9. The molecule has 0 amide bonds. The minimum atomic E-state index is -1.81. The first-order valence-corrected chi connectivity index (χ1v) is 8.14. The van der Waals surface area contributed by atoms with Crippen molar-refractivity contribution in [1.29, 1.82) is 0 Å². The van der Waals surface area contributed by atoms with Crippen LogP contribution in [0, 0.1) is 0 Å². The highest BCUT2D eigenvalue weighted by atomic mass is 16.6. The molecule has 4 nitrogen and oxygen atoms in total. The molecule has 24 heavy (non-hydrogen) atoms. The van der Waals surface area contributed by atoms with E-state index in [0.717, 1.165) is 6.54 Å². The summed E-state index contributed by atoms with van der Waals surface area (Å²) >= 11 is 0. The highest BCUT2D eigenvalue weighted by molar-refractivity contribution is 5.85. The van der Waals surface area contributed by atoms with Crippen LogP contribution in [-0.4, -0.2) is 42.7 Å². The molecule has 0 radical (unpaired) electrons. The maximum Gasteiger partial charge on any atom is 0.347 e. The molecule has 1 N–H and O–H groups in total. The van der Waals surface area contributed by atoms with E-state index in [2.05, 4.69) is 0 Å². The highest BCUT2D eigenvalue weighted by Crippen LogP contribution is 2.31. The monoisotopic (exact) mass is 327 g/mol. The zero-order chi connectivity index (χ0) is 17.6. The second-order valence-corrected chi connectivity index (χ2v) is 6.25. The van der Waals surface area contributed by atoms with Crippen molar-refractivity contribution in [1.82, 2.24) is 4.90 Å². The second-order valence-electron chi connectivity index (χ2n) is 6.25. The number of benzene rings is 2. The van der Waals surface area contributed by atoms with Gasteiger partial charge in [0.2, 0.25) is 5.60 Å². The number of rotatable bonds is 7. The molecule has 0 spiro atoms. The number of carbonyl (C=O) groups is 1. The molecule has 0 saturated heterocycles. The maximum absolute atomic E-state index is 12.8. The maximum atomic E-state index is 12.8. The van der Waals surface area contributed by atoms with Gasteiger partial charge in [0, 0.05) is 6.54 Å². The molecule has 0 bridgehead atoms. The Kier molecular flexibility index (Phi) is 6.12. The van der Waals surface area contributed by atoms with Crippen molar-refractivity contribution >= 4 is 5.97 Å². The largest absolute Gasteiger partial charge is 0.460 e. The van der Waals surface area contributed by atoms with Gasteiger partial charge in [-0.2, -0.15) is 0 Å². The van der Waals surface area contributed by atoms with E-state index >= 15 is 0 Å². The van der Waals surface area contributed by atoms with E-state index in [4.69, 9.17) is 4.74 Å². The molecular weight excluding hydrogens is 302 g/mol. The second kappa shape index (κ2) is 8.08. The van der Waals surface area contributed by atoms with Crippen LogP contribution in [0.25, 0.3) is 0 Å². The van der Waals surface area contributed by atoms with E-state index in [0.29, 0.717) is 17.5 Å². The smallest absolute Gasteiger partial charge is 0.347 e. The first-order valence-electron chi connectivity index (χ1n) is 8.14. The Morgan fingerprint density at radius 3 is 1.92 bits per heavy atom. The normalized spacial score (nSPS) is 12.9.